The highest BCUT2D eigenvalue weighted by Crippen LogP contribution is 2.18. The molecule has 30 heavy (non-hydrogen) atoms. The molecule has 1 saturated heterocycles. The highest BCUT2D eigenvalue weighted by Gasteiger charge is 2.29. The standard InChI is InChI=1S/C24H31N3O2.ClH/c1-2-25-18-20-13-15-27(16-14-20)24(29)22(17-19-9-5-3-6-10-19)26-23(28)21-11-7-4-8-12-21;/h3-12,20,22,25H,2,13-18H2,1H3,(H,26,28);1H. The monoisotopic (exact) mass is 429 g/mol. The van der Waals surface area contributed by atoms with Gasteiger partial charge >= 0.3 is 0 Å². The van der Waals surface area contributed by atoms with E-state index in [9.17, 15) is 9.59 Å². The minimum atomic E-state index is -0.560. The zero-order chi connectivity index (χ0) is 20.5. The highest BCUT2D eigenvalue weighted by molar-refractivity contribution is 5.97. The lowest BCUT2D eigenvalue weighted by Crippen LogP contribution is -2.52. The second kappa shape index (κ2) is 12.4. The Morgan fingerprint density at radius 3 is 2.20 bits per heavy atom. The SMILES string of the molecule is CCNCC1CCN(C(=O)C(Cc2ccccc2)NC(=O)c2ccccc2)CC1.Cl. The second-order valence-electron chi connectivity index (χ2n) is 7.66. The third-order valence-electron chi connectivity index (χ3n) is 5.53. The molecule has 0 radical (unpaired) electrons. The summed E-state index contributed by atoms with van der Waals surface area (Å²) in [5, 5.41) is 6.38. The molecule has 2 amide bonds. The fourth-order valence-electron chi connectivity index (χ4n) is 3.81. The van der Waals surface area contributed by atoms with Crippen molar-refractivity contribution >= 4 is 24.2 Å². The minimum absolute atomic E-state index is 0. The first-order chi connectivity index (χ1) is 14.2. The molecule has 0 bridgehead atoms. The summed E-state index contributed by atoms with van der Waals surface area (Å²) in [5.74, 6) is 0.424. The van der Waals surface area contributed by atoms with Crippen molar-refractivity contribution in [3.8, 4) is 0 Å². The Hall–Kier alpha value is -2.37. The number of halogens is 1. The number of amides is 2. The van der Waals surface area contributed by atoms with Gasteiger partial charge in [-0.05, 0) is 49.5 Å². The van der Waals surface area contributed by atoms with Gasteiger partial charge < -0.3 is 15.5 Å². The predicted molar refractivity (Wildman–Crippen MR) is 123 cm³/mol. The molecule has 0 aliphatic carbocycles. The van der Waals surface area contributed by atoms with E-state index in [-0.39, 0.29) is 24.2 Å². The van der Waals surface area contributed by atoms with E-state index in [1.54, 1.807) is 12.1 Å². The molecule has 2 aromatic rings. The molecule has 0 saturated carbocycles. The van der Waals surface area contributed by atoms with Crippen LogP contribution in [-0.4, -0.2) is 48.9 Å². The first-order valence-electron chi connectivity index (χ1n) is 10.6. The molecule has 162 valence electrons. The summed E-state index contributed by atoms with van der Waals surface area (Å²) in [6.45, 7) is 5.60. The Morgan fingerprint density at radius 1 is 1.00 bits per heavy atom. The fourth-order valence-corrected chi connectivity index (χ4v) is 3.81. The molecule has 1 unspecified atom stereocenters. The van der Waals surface area contributed by atoms with E-state index in [0.29, 0.717) is 17.9 Å². The van der Waals surface area contributed by atoms with Gasteiger partial charge in [0, 0.05) is 25.1 Å². The normalized spacial score (nSPS) is 15.2. The molecule has 1 fully saturated rings. The van der Waals surface area contributed by atoms with Gasteiger partial charge in [0.2, 0.25) is 5.91 Å². The van der Waals surface area contributed by atoms with Crippen LogP contribution >= 0.6 is 12.4 Å². The number of rotatable bonds is 8. The molecule has 5 nitrogen and oxygen atoms in total. The first-order valence-corrected chi connectivity index (χ1v) is 10.6. The topological polar surface area (TPSA) is 61.4 Å². The van der Waals surface area contributed by atoms with Crippen molar-refractivity contribution in [2.75, 3.05) is 26.2 Å². The van der Waals surface area contributed by atoms with Gasteiger partial charge in [0.15, 0.2) is 0 Å². The molecule has 0 spiro atoms. The van der Waals surface area contributed by atoms with Crippen molar-refractivity contribution in [1.29, 1.82) is 0 Å². The molecule has 0 aromatic heterocycles. The average molecular weight is 430 g/mol. The van der Waals surface area contributed by atoms with Crippen molar-refractivity contribution in [1.82, 2.24) is 15.5 Å². The van der Waals surface area contributed by atoms with Gasteiger partial charge in [0.25, 0.3) is 5.91 Å². The van der Waals surface area contributed by atoms with Crippen molar-refractivity contribution in [2.24, 2.45) is 5.92 Å². The third-order valence-corrected chi connectivity index (χ3v) is 5.53. The lowest BCUT2D eigenvalue weighted by molar-refractivity contribution is -0.134. The van der Waals surface area contributed by atoms with E-state index in [1.165, 1.54) is 0 Å². The summed E-state index contributed by atoms with van der Waals surface area (Å²) in [6.07, 6.45) is 2.50. The van der Waals surface area contributed by atoms with E-state index in [0.717, 1.165) is 44.6 Å². The Bertz CT molecular complexity index is 778. The van der Waals surface area contributed by atoms with Crippen LogP contribution in [0, 0.1) is 5.92 Å². The number of piperidine rings is 1. The van der Waals surface area contributed by atoms with Gasteiger partial charge in [-0.1, -0.05) is 55.5 Å². The number of carbonyl (C=O) groups excluding carboxylic acids is 2. The van der Waals surface area contributed by atoms with Crippen LogP contribution < -0.4 is 10.6 Å². The highest BCUT2D eigenvalue weighted by atomic mass is 35.5. The number of nitrogens with one attached hydrogen (secondary N) is 2. The summed E-state index contributed by atoms with van der Waals surface area (Å²) in [6, 6.07) is 18.4. The van der Waals surface area contributed by atoms with Crippen molar-refractivity contribution in [2.45, 2.75) is 32.2 Å². The summed E-state index contributed by atoms with van der Waals surface area (Å²) in [5.41, 5.74) is 1.61. The smallest absolute Gasteiger partial charge is 0.251 e. The average Bonchev–Trinajstić information content (AvgIpc) is 2.78. The Balaban J connectivity index is 0.00000320. The molecule has 1 aliphatic rings. The maximum absolute atomic E-state index is 13.3. The maximum Gasteiger partial charge on any atom is 0.251 e. The zero-order valence-corrected chi connectivity index (χ0v) is 18.4. The van der Waals surface area contributed by atoms with Gasteiger partial charge in [-0.25, -0.2) is 0 Å². The second-order valence-corrected chi connectivity index (χ2v) is 7.66. The molecule has 6 heteroatoms. The quantitative estimate of drug-likeness (QED) is 0.676. The molecule has 2 N–H and O–H groups in total. The Labute approximate surface area is 185 Å². The number of likely N-dealkylation sites (tertiary alicyclic amines) is 1. The lowest BCUT2D eigenvalue weighted by atomic mass is 9.95. The van der Waals surface area contributed by atoms with Crippen molar-refractivity contribution in [3.05, 3.63) is 71.8 Å². The van der Waals surface area contributed by atoms with Crippen molar-refractivity contribution < 1.29 is 9.59 Å². The van der Waals surface area contributed by atoms with Crippen LogP contribution in [0.2, 0.25) is 0 Å². The fraction of sp³-hybridized carbons (Fsp3) is 0.417. The number of nitrogens with zero attached hydrogens (tertiary/aromatic N) is 1. The summed E-state index contributed by atoms with van der Waals surface area (Å²) >= 11 is 0. The summed E-state index contributed by atoms with van der Waals surface area (Å²) in [7, 11) is 0. The van der Waals surface area contributed by atoms with E-state index in [1.807, 2.05) is 53.4 Å². The number of hydrogen-bond acceptors (Lipinski definition) is 3. The van der Waals surface area contributed by atoms with Crippen LogP contribution in [0.5, 0.6) is 0 Å². The molecule has 1 aliphatic heterocycles. The van der Waals surface area contributed by atoms with Crippen LogP contribution in [0.15, 0.2) is 60.7 Å². The number of carbonyl (C=O) groups is 2. The Kier molecular flexibility index (Phi) is 9.84. The van der Waals surface area contributed by atoms with E-state index < -0.39 is 6.04 Å². The van der Waals surface area contributed by atoms with Crippen molar-refractivity contribution in [3.63, 3.8) is 0 Å². The number of hydrogen-bond donors (Lipinski definition) is 2. The minimum Gasteiger partial charge on any atom is -0.341 e. The van der Waals surface area contributed by atoms with Crippen LogP contribution in [0.1, 0.15) is 35.7 Å². The lowest BCUT2D eigenvalue weighted by Gasteiger charge is -2.34. The maximum atomic E-state index is 13.3. The molecule has 1 atom stereocenters. The van der Waals surface area contributed by atoms with Gasteiger partial charge in [0.1, 0.15) is 6.04 Å². The third kappa shape index (κ3) is 6.85. The van der Waals surface area contributed by atoms with Crippen LogP contribution in [0.3, 0.4) is 0 Å². The van der Waals surface area contributed by atoms with Gasteiger partial charge in [-0.15, -0.1) is 12.4 Å². The molecule has 3 rings (SSSR count). The zero-order valence-electron chi connectivity index (χ0n) is 17.5. The largest absolute Gasteiger partial charge is 0.341 e. The molecular weight excluding hydrogens is 398 g/mol. The predicted octanol–water partition coefficient (Wildman–Crippen LogP) is 3.30. The van der Waals surface area contributed by atoms with E-state index >= 15 is 0 Å². The summed E-state index contributed by atoms with van der Waals surface area (Å²) in [4.78, 5) is 27.9. The van der Waals surface area contributed by atoms with Crippen LogP contribution in [0.25, 0.3) is 0 Å². The van der Waals surface area contributed by atoms with E-state index in [2.05, 4.69) is 17.6 Å². The van der Waals surface area contributed by atoms with Gasteiger partial charge in [0.05, 0.1) is 0 Å². The van der Waals surface area contributed by atoms with Crippen LogP contribution in [-0.2, 0) is 11.2 Å². The summed E-state index contributed by atoms with van der Waals surface area (Å²) < 4.78 is 0. The van der Waals surface area contributed by atoms with Gasteiger partial charge in [-0.2, -0.15) is 0 Å². The molecular formula is C24H32ClN3O2. The molecule has 1 heterocycles. The first kappa shape index (κ1) is 23.9. The number of benzene rings is 2. The Morgan fingerprint density at radius 2 is 1.60 bits per heavy atom. The van der Waals surface area contributed by atoms with Crippen LogP contribution in [0.4, 0.5) is 0 Å². The van der Waals surface area contributed by atoms with E-state index in [4.69, 9.17) is 0 Å². The van der Waals surface area contributed by atoms with Gasteiger partial charge in [-0.3, -0.25) is 9.59 Å². The molecule has 2 aromatic carbocycles.